The van der Waals surface area contributed by atoms with Crippen molar-refractivity contribution in [1.29, 1.82) is 0 Å². The lowest BCUT2D eigenvalue weighted by molar-refractivity contribution is 0.583. The normalized spacial score (nSPS) is 12.1. The molecule has 0 spiro atoms. The Morgan fingerprint density at radius 1 is 0.388 bits per heavy atom. The van der Waals surface area contributed by atoms with Crippen LogP contribution < -0.4 is 0 Å². The van der Waals surface area contributed by atoms with Crippen LogP contribution in [0.1, 0.15) is 0 Å². The molecule has 0 N–H and O–H groups in total. The molecule has 10 aromatic rings. The minimum absolute atomic E-state index is 0.808. The fourth-order valence-electron chi connectivity index (χ4n) is 8.03. The Kier molecular flexibility index (Phi) is 5.32. The van der Waals surface area contributed by atoms with Crippen molar-refractivity contribution >= 4 is 43.6 Å². The molecule has 0 saturated heterocycles. The highest BCUT2D eigenvalue weighted by Gasteiger charge is 2.26. The average molecular weight is 627 g/mol. The number of benzene rings is 5. The van der Waals surface area contributed by atoms with Crippen molar-refractivity contribution in [2.24, 2.45) is 0 Å². The highest BCUT2D eigenvalue weighted by Crippen LogP contribution is 2.47. The van der Waals surface area contributed by atoms with Gasteiger partial charge in [0.15, 0.2) is 0 Å². The van der Waals surface area contributed by atoms with Gasteiger partial charge in [-0.3, -0.25) is 9.97 Å². The monoisotopic (exact) mass is 626 g/mol. The fourth-order valence-corrected chi connectivity index (χ4v) is 8.03. The maximum atomic E-state index is 6.13. The Bertz CT molecular complexity index is 2910. The van der Waals surface area contributed by atoms with Crippen molar-refractivity contribution in [3.63, 3.8) is 0 Å². The number of para-hydroxylation sites is 3. The van der Waals surface area contributed by atoms with Crippen LogP contribution in [0.15, 0.2) is 163 Å². The molecule has 5 heterocycles. The van der Waals surface area contributed by atoms with Crippen molar-refractivity contribution in [3.8, 4) is 56.3 Å². The summed E-state index contributed by atoms with van der Waals surface area (Å²) in [6.07, 6.45) is 5.43. The summed E-state index contributed by atoms with van der Waals surface area (Å²) in [5, 5.41) is 4.94. The van der Waals surface area contributed by atoms with Crippen molar-refractivity contribution in [2.75, 3.05) is 0 Å². The van der Waals surface area contributed by atoms with E-state index in [-0.39, 0.29) is 0 Å². The Hall–Kier alpha value is -6.72. The fraction of sp³-hybridized carbons (Fsp3) is 0. The van der Waals surface area contributed by atoms with Gasteiger partial charge in [-0.25, -0.2) is 0 Å². The summed E-state index contributed by atoms with van der Waals surface area (Å²) in [5.74, 6) is 0.808. The van der Waals surface area contributed by atoms with Gasteiger partial charge in [-0.1, -0.05) is 66.7 Å². The third kappa shape index (κ3) is 3.64. The minimum atomic E-state index is 0.808. The van der Waals surface area contributed by atoms with E-state index in [0.29, 0.717) is 0 Å². The Labute approximate surface area is 281 Å². The van der Waals surface area contributed by atoms with E-state index in [1.54, 1.807) is 6.26 Å². The lowest BCUT2D eigenvalue weighted by atomic mass is 9.87. The summed E-state index contributed by atoms with van der Waals surface area (Å²) < 4.78 is 10.9. The smallest absolute Gasteiger partial charge is 0.143 e. The zero-order valence-electron chi connectivity index (χ0n) is 26.2. The van der Waals surface area contributed by atoms with Crippen LogP contribution in [0.4, 0.5) is 0 Å². The second kappa shape index (κ2) is 9.89. The van der Waals surface area contributed by atoms with Crippen LogP contribution in [0.5, 0.6) is 0 Å². The molecule has 49 heavy (non-hydrogen) atoms. The van der Waals surface area contributed by atoms with E-state index in [1.807, 2.05) is 24.5 Å². The number of hydrogen-bond acceptors (Lipinski definition) is 3. The molecule has 1 aliphatic rings. The van der Waals surface area contributed by atoms with Gasteiger partial charge in [0.1, 0.15) is 11.5 Å². The van der Waals surface area contributed by atoms with Gasteiger partial charge in [0.25, 0.3) is 0 Å². The Balaban J connectivity index is 1.17. The zero-order valence-corrected chi connectivity index (χ0v) is 26.2. The Morgan fingerprint density at radius 2 is 0.939 bits per heavy atom. The molecule has 5 nitrogen and oxygen atoms in total. The van der Waals surface area contributed by atoms with Gasteiger partial charge in [-0.05, 0) is 83.9 Å². The van der Waals surface area contributed by atoms with Gasteiger partial charge < -0.3 is 13.6 Å². The van der Waals surface area contributed by atoms with Crippen molar-refractivity contribution < 1.29 is 4.42 Å². The topological polar surface area (TPSA) is 48.8 Å². The zero-order chi connectivity index (χ0) is 32.1. The molecule has 5 heteroatoms. The van der Waals surface area contributed by atoms with E-state index in [9.17, 15) is 0 Å². The molecule has 0 aliphatic heterocycles. The Morgan fingerprint density at radius 3 is 1.63 bits per heavy atom. The van der Waals surface area contributed by atoms with Crippen molar-refractivity contribution in [1.82, 2.24) is 19.1 Å². The first kappa shape index (κ1) is 26.4. The highest BCUT2D eigenvalue weighted by molar-refractivity contribution is 6.12. The molecule has 0 amide bonds. The maximum Gasteiger partial charge on any atom is 0.143 e. The standard InChI is InChI=1S/C44H26N4O/c1-4-14-38-30(9-1)31-10-2-5-15-39(31)47(38)28-18-20-41-37(26-28)32-11-3-6-16-40(32)48(41)27-17-19-29-34-21-24-49-44(34)35-13-8-23-46-43(35)42-33(36(29)25-27)12-7-22-45-42/h1-26H. The molecule has 0 atom stereocenters. The SMILES string of the molecule is c1cnc2c(c1)-c1cc(-n3c4ccccc4c4cc(-n5c6ccccc6c6ccccc65)ccc43)ccc1-c1ccoc1-c1cccnc1-2. The number of hydrogen-bond donors (Lipinski definition) is 0. The van der Waals surface area contributed by atoms with Gasteiger partial charge in [-0.2, -0.15) is 0 Å². The van der Waals surface area contributed by atoms with E-state index >= 15 is 0 Å². The predicted octanol–water partition coefficient (Wildman–Crippen LogP) is 11.2. The molecule has 5 aromatic carbocycles. The lowest BCUT2D eigenvalue weighted by Gasteiger charge is -2.20. The first-order chi connectivity index (χ1) is 24.3. The summed E-state index contributed by atoms with van der Waals surface area (Å²) >= 11 is 0. The molecule has 0 bridgehead atoms. The van der Waals surface area contributed by atoms with E-state index < -0.39 is 0 Å². The molecule has 11 rings (SSSR count). The van der Waals surface area contributed by atoms with Crippen LogP contribution in [0.3, 0.4) is 0 Å². The third-order valence-corrected chi connectivity index (χ3v) is 10.1. The molecule has 228 valence electrons. The van der Waals surface area contributed by atoms with E-state index in [2.05, 4.69) is 137 Å². The molecular formula is C44H26N4O. The molecule has 0 unspecified atom stereocenters. The quantitative estimate of drug-likeness (QED) is 0.192. The van der Waals surface area contributed by atoms with E-state index in [4.69, 9.17) is 14.4 Å². The van der Waals surface area contributed by atoms with Gasteiger partial charge in [0, 0.05) is 62.0 Å². The number of aromatic nitrogens is 4. The number of fused-ring (bicyclic) bond motifs is 14. The second-order valence-electron chi connectivity index (χ2n) is 12.6. The summed E-state index contributed by atoms with van der Waals surface area (Å²) in [6.45, 7) is 0. The molecule has 0 radical (unpaired) electrons. The summed E-state index contributed by atoms with van der Waals surface area (Å²) in [6, 6.07) is 49.9. The third-order valence-electron chi connectivity index (χ3n) is 10.1. The maximum absolute atomic E-state index is 6.13. The minimum Gasteiger partial charge on any atom is -0.464 e. The summed E-state index contributed by atoms with van der Waals surface area (Å²) in [4.78, 5) is 9.68. The largest absolute Gasteiger partial charge is 0.464 e. The molecule has 5 aromatic heterocycles. The van der Waals surface area contributed by atoms with Gasteiger partial charge >= 0.3 is 0 Å². The molecule has 0 fully saturated rings. The van der Waals surface area contributed by atoms with Crippen LogP contribution in [0.2, 0.25) is 0 Å². The van der Waals surface area contributed by atoms with Crippen LogP contribution in [0.25, 0.3) is 100.0 Å². The van der Waals surface area contributed by atoms with Crippen LogP contribution in [-0.4, -0.2) is 19.1 Å². The second-order valence-corrected chi connectivity index (χ2v) is 12.6. The average Bonchev–Trinajstić information content (AvgIpc) is 3.87. The van der Waals surface area contributed by atoms with Gasteiger partial charge in [-0.15, -0.1) is 0 Å². The van der Waals surface area contributed by atoms with E-state index in [0.717, 1.165) is 67.4 Å². The molecular weight excluding hydrogens is 601 g/mol. The van der Waals surface area contributed by atoms with Crippen molar-refractivity contribution in [3.05, 3.63) is 158 Å². The highest BCUT2D eigenvalue weighted by atomic mass is 16.3. The number of rotatable bonds is 2. The van der Waals surface area contributed by atoms with Crippen LogP contribution >= 0.6 is 0 Å². The summed E-state index contributed by atoms with van der Waals surface area (Å²) in [5.41, 5.74) is 13.8. The number of nitrogens with zero attached hydrogens (tertiary/aromatic N) is 4. The van der Waals surface area contributed by atoms with Crippen LogP contribution in [0, 0.1) is 0 Å². The number of furan rings is 1. The van der Waals surface area contributed by atoms with Crippen LogP contribution in [-0.2, 0) is 0 Å². The number of pyridine rings is 2. The van der Waals surface area contributed by atoms with E-state index in [1.165, 1.54) is 32.6 Å². The van der Waals surface area contributed by atoms with Crippen molar-refractivity contribution in [2.45, 2.75) is 0 Å². The van der Waals surface area contributed by atoms with Gasteiger partial charge in [0.05, 0.1) is 34.0 Å². The molecule has 0 saturated carbocycles. The first-order valence-electron chi connectivity index (χ1n) is 16.5. The van der Waals surface area contributed by atoms with Gasteiger partial charge in [0.2, 0.25) is 0 Å². The predicted molar refractivity (Wildman–Crippen MR) is 198 cm³/mol. The molecule has 1 aliphatic carbocycles. The first-order valence-corrected chi connectivity index (χ1v) is 16.5. The lowest BCUT2D eigenvalue weighted by Crippen LogP contribution is -2.01. The summed E-state index contributed by atoms with van der Waals surface area (Å²) in [7, 11) is 0.